The van der Waals surface area contributed by atoms with Gasteiger partial charge in [-0.1, -0.05) is 170 Å². The molecule has 260 valence electrons. The maximum atomic E-state index is 5.33. The summed E-state index contributed by atoms with van der Waals surface area (Å²) in [5.74, 6) is 0.711. The monoisotopic (exact) mass is 728 g/mol. The lowest BCUT2D eigenvalue weighted by Crippen LogP contribution is -2.25. The standard InChI is InChI=1S/C53H32N2S/c1-2-15-34(16-3-1)47-32-48(37-27-26-33-14-4-5-17-35(33)30-37)55-52(54-47)41-21-7-6-18-38(41)36-28-29-46-43(31-36)51-50(42-22-10-13-25-49(42)56-51)53(46)44-23-11-8-19-39(44)40-20-9-12-24-45(40)53/h1-32H. The predicted octanol–water partition coefficient (Wildman–Crippen LogP) is 13.9. The minimum Gasteiger partial charge on any atom is -0.228 e. The van der Waals surface area contributed by atoms with E-state index in [0.717, 1.165) is 39.2 Å². The van der Waals surface area contributed by atoms with Crippen LogP contribution in [0, 0.1) is 0 Å². The smallest absolute Gasteiger partial charge is 0.161 e. The first-order valence-corrected chi connectivity index (χ1v) is 20.0. The molecular formula is C53H32N2S. The molecule has 2 aliphatic carbocycles. The second-order valence-electron chi connectivity index (χ2n) is 14.8. The van der Waals surface area contributed by atoms with Gasteiger partial charge < -0.3 is 0 Å². The number of nitrogens with zero attached hydrogens (tertiary/aromatic N) is 2. The number of fused-ring (bicyclic) bond motifs is 13. The third kappa shape index (κ3) is 4.43. The highest BCUT2D eigenvalue weighted by molar-refractivity contribution is 7.22. The number of rotatable bonds is 4. The molecule has 12 rings (SSSR count). The Morgan fingerprint density at radius 2 is 0.964 bits per heavy atom. The van der Waals surface area contributed by atoms with Gasteiger partial charge in [0.15, 0.2) is 5.82 Å². The van der Waals surface area contributed by atoms with Crippen molar-refractivity contribution >= 4 is 32.2 Å². The Morgan fingerprint density at radius 1 is 0.375 bits per heavy atom. The number of aromatic nitrogens is 2. The number of hydrogen-bond acceptors (Lipinski definition) is 3. The van der Waals surface area contributed by atoms with E-state index in [4.69, 9.17) is 9.97 Å². The lowest BCUT2D eigenvalue weighted by Gasteiger charge is -2.30. The van der Waals surface area contributed by atoms with Crippen molar-refractivity contribution in [3.8, 4) is 66.6 Å². The molecule has 8 aromatic carbocycles. The van der Waals surface area contributed by atoms with Crippen LogP contribution in [0.25, 0.3) is 87.5 Å². The minimum atomic E-state index is -0.391. The summed E-state index contributed by atoms with van der Waals surface area (Å²) < 4.78 is 1.32. The second kappa shape index (κ2) is 12.0. The molecule has 56 heavy (non-hydrogen) atoms. The zero-order valence-electron chi connectivity index (χ0n) is 30.3. The molecule has 0 radical (unpaired) electrons. The summed E-state index contributed by atoms with van der Waals surface area (Å²) in [6.07, 6.45) is 0. The SMILES string of the molecule is c1ccc(-c2cc(-c3ccc4ccccc4c3)nc(-c3ccccc3-c3ccc4c(c3)-c3sc5ccccc5c3C43c4ccccc4-c4ccccc43)n2)cc1. The summed E-state index contributed by atoms with van der Waals surface area (Å²) >= 11 is 1.92. The van der Waals surface area contributed by atoms with E-state index in [9.17, 15) is 0 Å². The van der Waals surface area contributed by atoms with Crippen LogP contribution in [0.15, 0.2) is 194 Å². The summed E-state index contributed by atoms with van der Waals surface area (Å²) in [5.41, 5.74) is 16.3. The fourth-order valence-electron chi connectivity index (χ4n) is 9.51. The summed E-state index contributed by atoms with van der Waals surface area (Å²) in [7, 11) is 0. The molecule has 0 N–H and O–H groups in total. The van der Waals surface area contributed by atoms with Crippen molar-refractivity contribution in [2.24, 2.45) is 0 Å². The average Bonchev–Trinajstić information content (AvgIpc) is 3.90. The van der Waals surface area contributed by atoms with E-state index in [2.05, 4.69) is 188 Å². The summed E-state index contributed by atoms with van der Waals surface area (Å²) in [5, 5.41) is 3.74. The van der Waals surface area contributed by atoms with Crippen LogP contribution in [0.2, 0.25) is 0 Å². The van der Waals surface area contributed by atoms with E-state index in [-0.39, 0.29) is 0 Å². The fourth-order valence-corrected chi connectivity index (χ4v) is 10.8. The third-order valence-corrected chi connectivity index (χ3v) is 13.1. The number of hydrogen-bond donors (Lipinski definition) is 0. The molecule has 0 saturated heterocycles. The Balaban J connectivity index is 1.08. The molecule has 0 bridgehead atoms. The van der Waals surface area contributed by atoms with Gasteiger partial charge in [-0.2, -0.15) is 0 Å². The van der Waals surface area contributed by atoms with Gasteiger partial charge in [-0.3, -0.25) is 0 Å². The van der Waals surface area contributed by atoms with Crippen molar-refractivity contribution in [3.05, 3.63) is 216 Å². The topological polar surface area (TPSA) is 25.8 Å². The van der Waals surface area contributed by atoms with Crippen LogP contribution in [0.3, 0.4) is 0 Å². The molecule has 2 heterocycles. The highest BCUT2D eigenvalue weighted by Crippen LogP contribution is 2.66. The van der Waals surface area contributed by atoms with Crippen molar-refractivity contribution < 1.29 is 0 Å². The van der Waals surface area contributed by atoms with Gasteiger partial charge >= 0.3 is 0 Å². The highest BCUT2D eigenvalue weighted by atomic mass is 32.1. The van der Waals surface area contributed by atoms with E-state index in [1.54, 1.807) is 0 Å². The van der Waals surface area contributed by atoms with Crippen molar-refractivity contribution in [1.82, 2.24) is 9.97 Å². The molecule has 2 aliphatic rings. The van der Waals surface area contributed by atoms with Gasteiger partial charge in [0.25, 0.3) is 0 Å². The summed E-state index contributed by atoms with van der Waals surface area (Å²) in [6, 6.07) is 70.5. The predicted molar refractivity (Wildman–Crippen MR) is 233 cm³/mol. The van der Waals surface area contributed by atoms with Crippen molar-refractivity contribution in [3.63, 3.8) is 0 Å². The van der Waals surface area contributed by atoms with Crippen LogP contribution >= 0.6 is 11.3 Å². The summed E-state index contributed by atoms with van der Waals surface area (Å²) in [6.45, 7) is 0. The van der Waals surface area contributed by atoms with Gasteiger partial charge in [-0.05, 0) is 90.5 Å². The van der Waals surface area contributed by atoms with E-state index < -0.39 is 5.41 Å². The lowest BCUT2D eigenvalue weighted by atomic mass is 9.70. The third-order valence-electron chi connectivity index (χ3n) is 11.9. The van der Waals surface area contributed by atoms with Crippen LogP contribution in [-0.4, -0.2) is 9.97 Å². The molecule has 0 aliphatic heterocycles. The first-order valence-electron chi connectivity index (χ1n) is 19.2. The lowest BCUT2D eigenvalue weighted by molar-refractivity contribution is 0.803. The second-order valence-corrected chi connectivity index (χ2v) is 15.9. The minimum absolute atomic E-state index is 0.391. The molecule has 0 fully saturated rings. The van der Waals surface area contributed by atoms with Crippen LogP contribution in [-0.2, 0) is 5.41 Å². The zero-order valence-corrected chi connectivity index (χ0v) is 31.1. The normalized spacial score (nSPS) is 13.1. The van der Waals surface area contributed by atoms with Crippen LogP contribution in [0.5, 0.6) is 0 Å². The molecule has 0 unspecified atom stereocenters. The molecule has 0 saturated carbocycles. The molecule has 2 aromatic heterocycles. The van der Waals surface area contributed by atoms with E-state index in [1.807, 2.05) is 17.4 Å². The van der Waals surface area contributed by atoms with Gasteiger partial charge in [-0.25, -0.2) is 9.97 Å². The molecule has 3 heteroatoms. The molecule has 10 aromatic rings. The molecule has 2 nitrogen and oxygen atoms in total. The number of thiophene rings is 1. The Kier molecular flexibility index (Phi) is 6.75. The van der Waals surface area contributed by atoms with Crippen LogP contribution in [0.4, 0.5) is 0 Å². The summed E-state index contributed by atoms with van der Waals surface area (Å²) in [4.78, 5) is 12.0. The molecular weight excluding hydrogens is 697 g/mol. The van der Waals surface area contributed by atoms with E-state index >= 15 is 0 Å². The van der Waals surface area contributed by atoms with Gasteiger partial charge in [0.1, 0.15) is 0 Å². The van der Waals surface area contributed by atoms with Crippen LogP contribution < -0.4 is 0 Å². The Morgan fingerprint density at radius 3 is 1.75 bits per heavy atom. The maximum Gasteiger partial charge on any atom is 0.161 e. The van der Waals surface area contributed by atoms with Crippen LogP contribution in [0.1, 0.15) is 22.3 Å². The van der Waals surface area contributed by atoms with E-state index in [0.29, 0.717) is 5.82 Å². The largest absolute Gasteiger partial charge is 0.228 e. The van der Waals surface area contributed by atoms with Gasteiger partial charge in [0, 0.05) is 26.3 Å². The molecule has 1 spiro atoms. The van der Waals surface area contributed by atoms with Crippen molar-refractivity contribution in [2.75, 3.05) is 0 Å². The van der Waals surface area contributed by atoms with Crippen molar-refractivity contribution in [1.29, 1.82) is 0 Å². The number of benzene rings is 8. The molecule has 0 amide bonds. The fraction of sp³-hybridized carbons (Fsp3) is 0.0189. The average molecular weight is 729 g/mol. The first kappa shape index (κ1) is 31.4. The van der Waals surface area contributed by atoms with Gasteiger partial charge in [-0.15, -0.1) is 11.3 Å². The van der Waals surface area contributed by atoms with Gasteiger partial charge in [0.2, 0.25) is 0 Å². The molecule has 0 atom stereocenters. The Bertz CT molecular complexity index is 3170. The van der Waals surface area contributed by atoms with E-state index in [1.165, 1.54) is 64.7 Å². The first-order chi connectivity index (χ1) is 27.8. The Hall–Kier alpha value is -6.94. The van der Waals surface area contributed by atoms with Crippen molar-refractivity contribution in [2.45, 2.75) is 5.41 Å². The Labute approximate surface area is 329 Å². The zero-order chi connectivity index (χ0) is 36.8. The van der Waals surface area contributed by atoms with Gasteiger partial charge in [0.05, 0.1) is 16.8 Å². The quantitative estimate of drug-likeness (QED) is 0.180. The highest BCUT2D eigenvalue weighted by Gasteiger charge is 2.53. The maximum absolute atomic E-state index is 5.33.